The molecule has 2 N–H and O–H groups in total. The average molecular weight is 378 g/mol. The predicted molar refractivity (Wildman–Crippen MR) is 97.0 cm³/mol. The number of rotatable bonds is 6. The van der Waals surface area contributed by atoms with Gasteiger partial charge in [-0.25, -0.2) is 0 Å². The van der Waals surface area contributed by atoms with Crippen molar-refractivity contribution in [2.45, 2.75) is 17.8 Å². The fourth-order valence-electron chi connectivity index (χ4n) is 2.42. The van der Waals surface area contributed by atoms with Crippen molar-refractivity contribution in [1.29, 1.82) is 0 Å². The predicted octanol–water partition coefficient (Wildman–Crippen LogP) is 3.35. The topological polar surface area (TPSA) is 75.6 Å². The molecule has 7 heteroatoms. The Morgan fingerprint density at radius 1 is 1.12 bits per heavy atom. The molecule has 1 saturated heterocycles. The van der Waals surface area contributed by atoms with E-state index in [2.05, 4.69) is 5.32 Å². The fourth-order valence-corrected chi connectivity index (χ4v) is 3.41. The van der Waals surface area contributed by atoms with E-state index >= 15 is 0 Å². The number of thioether (sulfide) groups is 1. The molecular weight excluding hydrogens is 362 g/mol. The maximum absolute atomic E-state index is 11.6. The number of hydrogen-bond acceptors (Lipinski definition) is 5. The molecule has 0 bridgehead atoms. The Kier molecular flexibility index (Phi) is 5.63. The number of hydrogen-bond donors (Lipinski definition) is 2. The van der Waals surface area contributed by atoms with Crippen LogP contribution in [0.4, 0.5) is 4.79 Å². The molecule has 0 aliphatic carbocycles. The minimum Gasteiger partial charge on any atom is -0.491 e. The second-order valence-electron chi connectivity index (χ2n) is 5.61. The molecule has 1 fully saturated rings. The summed E-state index contributed by atoms with van der Waals surface area (Å²) in [5.41, 5.74) is 1.67. The Labute approximate surface area is 154 Å². The van der Waals surface area contributed by atoms with Crippen LogP contribution in [-0.2, 0) is 11.2 Å². The number of amides is 2. The van der Waals surface area contributed by atoms with Gasteiger partial charge >= 0.3 is 0 Å². The minimum atomic E-state index is -0.749. The molecule has 1 aliphatic rings. The molecule has 1 aliphatic heterocycles. The molecule has 25 heavy (non-hydrogen) atoms. The Morgan fingerprint density at radius 2 is 1.80 bits per heavy atom. The molecule has 2 amide bonds. The van der Waals surface area contributed by atoms with E-state index in [1.54, 1.807) is 36.4 Å². The molecule has 1 heterocycles. The van der Waals surface area contributed by atoms with Gasteiger partial charge in [-0.05, 0) is 41.8 Å². The third kappa shape index (κ3) is 4.75. The molecule has 0 saturated carbocycles. The van der Waals surface area contributed by atoms with Gasteiger partial charge in [-0.3, -0.25) is 14.9 Å². The van der Waals surface area contributed by atoms with Gasteiger partial charge < -0.3 is 9.84 Å². The number of imide groups is 1. The smallest absolute Gasteiger partial charge is 0.286 e. The molecule has 1 unspecified atom stereocenters. The monoisotopic (exact) mass is 377 g/mol. The summed E-state index contributed by atoms with van der Waals surface area (Å²) >= 11 is 6.84. The summed E-state index contributed by atoms with van der Waals surface area (Å²) in [6.07, 6.45) is -0.267. The highest BCUT2D eigenvalue weighted by molar-refractivity contribution is 8.15. The summed E-state index contributed by atoms with van der Waals surface area (Å²) in [5.74, 6) is 0.373. The third-order valence-corrected chi connectivity index (χ3v) is 5.01. The van der Waals surface area contributed by atoms with Crippen molar-refractivity contribution in [2.75, 3.05) is 6.61 Å². The lowest BCUT2D eigenvalue weighted by Gasteiger charge is -2.13. The number of aliphatic hydroxyl groups excluding tert-OH is 1. The van der Waals surface area contributed by atoms with Crippen molar-refractivity contribution in [1.82, 2.24) is 5.32 Å². The van der Waals surface area contributed by atoms with E-state index in [0.717, 1.165) is 22.9 Å². The highest BCUT2D eigenvalue weighted by atomic mass is 35.5. The standard InChI is InChI=1S/C18H16ClNO4S/c19-13-5-3-12(4-6-13)15(21)10-24-14-7-1-11(2-8-14)9-16-17(22)20-18(23)25-16/h1-8,15-16,21H,9-10H2,(H,20,22,23)/t15-,16?/m0/s1. The summed E-state index contributed by atoms with van der Waals surface area (Å²) in [5, 5.41) is 12.3. The number of carbonyl (C=O) groups excluding carboxylic acids is 2. The van der Waals surface area contributed by atoms with Crippen molar-refractivity contribution < 1.29 is 19.4 Å². The maximum Gasteiger partial charge on any atom is 0.286 e. The first-order valence-corrected chi connectivity index (χ1v) is 8.94. The zero-order valence-electron chi connectivity index (χ0n) is 13.1. The zero-order chi connectivity index (χ0) is 17.8. The van der Waals surface area contributed by atoms with Crippen LogP contribution in [0.2, 0.25) is 5.02 Å². The molecule has 2 aromatic carbocycles. The maximum atomic E-state index is 11.6. The Hall–Kier alpha value is -2.02. The van der Waals surface area contributed by atoms with E-state index in [-0.39, 0.29) is 23.0 Å². The number of aliphatic hydroxyl groups is 1. The largest absolute Gasteiger partial charge is 0.491 e. The Morgan fingerprint density at radius 3 is 2.40 bits per heavy atom. The van der Waals surface area contributed by atoms with Crippen LogP contribution < -0.4 is 10.1 Å². The van der Waals surface area contributed by atoms with E-state index in [1.165, 1.54) is 0 Å². The van der Waals surface area contributed by atoms with E-state index in [9.17, 15) is 14.7 Å². The molecule has 2 atom stereocenters. The van der Waals surface area contributed by atoms with E-state index in [0.29, 0.717) is 17.2 Å². The first kappa shape index (κ1) is 17.8. The summed E-state index contributed by atoms with van der Waals surface area (Å²) < 4.78 is 5.59. The van der Waals surface area contributed by atoms with Crippen molar-refractivity contribution in [3.05, 3.63) is 64.7 Å². The van der Waals surface area contributed by atoms with Crippen molar-refractivity contribution in [2.24, 2.45) is 0 Å². The van der Waals surface area contributed by atoms with Crippen LogP contribution in [0.3, 0.4) is 0 Å². The van der Waals surface area contributed by atoms with Crippen LogP contribution >= 0.6 is 23.4 Å². The molecule has 0 spiro atoms. The quantitative estimate of drug-likeness (QED) is 0.807. The van der Waals surface area contributed by atoms with Crippen LogP contribution in [0.15, 0.2) is 48.5 Å². The first-order valence-electron chi connectivity index (χ1n) is 7.68. The molecule has 0 aromatic heterocycles. The molecular formula is C18H16ClNO4S. The lowest BCUT2D eigenvalue weighted by Crippen LogP contribution is -2.25. The molecule has 3 rings (SSSR count). The first-order chi connectivity index (χ1) is 12.0. The summed E-state index contributed by atoms with van der Waals surface area (Å²) in [4.78, 5) is 22.7. The average Bonchev–Trinajstić information content (AvgIpc) is 2.92. The Balaban J connectivity index is 1.53. The van der Waals surface area contributed by atoms with E-state index < -0.39 is 6.10 Å². The number of ether oxygens (including phenoxy) is 1. The van der Waals surface area contributed by atoms with Gasteiger partial charge in [0.05, 0.1) is 5.25 Å². The lowest BCUT2D eigenvalue weighted by molar-refractivity contribution is -0.118. The van der Waals surface area contributed by atoms with Gasteiger partial charge in [-0.15, -0.1) is 0 Å². The number of nitrogens with one attached hydrogen (secondary N) is 1. The highest BCUT2D eigenvalue weighted by Gasteiger charge is 2.31. The van der Waals surface area contributed by atoms with Gasteiger partial charge in [-0.2, -0.15) is 0 Å². The van der Waals surface area contributed by atoms with Crippen LogP contribution in [0, 0.1) is 0 Å². The number of benzene rings is 2. The van der Waals surface area contributed by atoms with Crippen LogP contribution in [-0.4, -0.2) is 28.1 Å². The Bertz CT molecular complexity index is 764. The number of halogens is 1. The van der Waals surface area contributed by atoms with Crippen LogP contribution in [0.1, 0.15) is 17.2 Å². The zero-order valence-corrected chi connectivity index (χ0v) is 14.7. The minimum absolute atomic E-state index is 0.121. The number of carbonyl (C=O) groups is 2. The van der Waals surface area contributed by atoms with Gasteiger partial charge in [0, 0.05) is 5.02 Å². The second-order valence-corrected chi connectivity index (χ2v) is 7.22. The van der Waals surface area contributed by atoms with Gasteiger partial charge in [0.25, 0.3) is 5.24 Å². The van der Waals surface area contributed by atoms with Crippen molar-refractivity contribution in [3.8, 4) is 5.75 Å². The summed E-state index contributed by atoms with van der Waals surface area (Å²) in [6, 6.07) is 14.2. The van der Waals surface area contributed by atoms with Gasteiger partial charge in [0.1, 0.15) is 18.5 Å². The molecule has 130 valence electrons. The third-order valence-electron chi connectivity index (χ3n) is 3.77. The van der Waals surface area contributed by atoms with Crippen LogP contribution in [0.25, 0.3) is 0 Å². The lowest BCUT2D eigenvalue weighted by atomic mass is 10.1. The highest BCUT2D eigenvalue weighted by Crippen LogP contribution is 2.24. The van der Waals surface area contributed by atoms with Gasteiger partial charge in [0.2, 0.25) is 5.91 Å². The van der Waals surface area contributed by atoms with E-state index in [1.807, 2.05) is 12.1 Å². The van der Waals surface area contributed by atoms with Crippen LogP contribution in [0.5, 0.6) is 5.75 Å². The molecule has 5 nitrogen and oxygen atoms in total. The van der Waals surface area contributed by atoms with E-state index in [4.69, 9.17) is 16.3 Å². The molecule has 0 radical (unpaired) electrons. The summed E-state index contributed by atoms with van der Waals surface area (Å²) in [7, 11) is 0. The van der Waals surface area contributed by atoms with Gasteiger partial charge in [0.15, 0.2) is 0 Å². The summed E-state index contributed by atoms with van der Waals surface area (Å²) in [6.45, 7) is 0.121. The fraction of sp³-hybridized carbons (Fsp3) is 0.222. The second kappa shape index (κ2) is 7.91. The van der Waals surface area contributed by atoms with Gasteiger partial charge in [-0.1, -0.05) is 47.6 Å². The van der Waals surface area contributed by atoms with Crippen molar-refractivity contribution >= 4 is 34.5 Å². The SMILES string of the molecule is O=C1NC(=O)C(Cc2ccc(OC[C@H](O)c3ccc(Cl)cc3)cc2)S1. The van der Waals surface area contributed by atoms with Crippen molar-refractivity contribution in [3.63, 3.8) is 0 Å². The normalized spacial score (nSPS) is 18.1. The molecule has 2 aromatic rings.